The van der Waals surface area contributed by atoms with Crippen LogP contribution >= 0.6 is 11.6 Å². The van der Waals surface area contributed by atoms with Crippen LogP contribution in [-0.4, -0.2) is 10.2 Å². The van der Waals surface area contributed by atoms with Crippen LogP contribution in [0.4, 0.5) is 0 Å². The fourth-order valence-corrected chi connectivity index (χ4v) is 1.59. The first-order chi connectivity index (χ1) is 8.18. The maximum atomic E-state index is 9.54. The van der Waals surface area contributed by atoms with E-state index >= 15 is 0 Å². The fourth-order valence-electron chi connectivity index (χ4n) is 1.40. The van der Waals surface area contributed by atoms with Crippen LogP contribution in [0.1, 0.15) is 5.56 Å². The molecule has 17 heavy (non-hydrogen) atoms. The number of benzene rings is 2. The van der Waals surface area contributed by atoms with Crippen molar-refractivity contribution in [2.45, 2.75) is 6.61 Å². The number of aromatic hydroxyl groups is 2. The van der Waals surface area contributed by atoms with Crippen LogP contribution < -0.4 is 4.74 Å². The molecule has 2 aromatic carbocycles. The van der Waals surface area contributed by atoms with Crippen molar-refractivity contribution in [1.82, 2.24) is 0 Å². The Hall–Kier alpha value is -1.87. The average Bonchev–Trinajstić information content (AvgIpc) is 2.33. The largest absolute Gasteiger partial charge is 0.504 e. The van der Waals surface area contributed by atoms with Gasteiger partial charge in [0.2, 0.25) is 5.75 Å². The van der Waals surface area contributed by atoms with Crippen molar-refractivity contribution in [3.8, 4) is 17.2 Å². The lowest BCUT2D eigenvalue weighted by Gasteiger charge is -2.09. The molecule has 0 fully saturated rings. The van der Waals surface area contributed by atoms with E-state index in [9.17, 15) is 10.2 Å². The number of para-hydroxylation sites is 1. The summed E-state index contributed by atoms with van der Waals surface area (Å²) < 4.78 is 5.39. The summed E-state index contributed by atoms with van der Waals surface area (Å²) in [7, 11) is 0. The van der Waals surface area contributed by atoms with Crippen LogP contribution in [0.3, 0.4) is 0 Å². The minimum Gasteiger partial charge on any atom is -0.504 e. The molecule has 0 bridgehead atoms. The predicted molar refractivity (Wildman–Crippen MR) is 65.6 cm³/mol. The minimum absolute atomic E-state index is 0.207. The van der Waals surface area contributed by atoms with Gasteiger partial charge in [-0.1, -0.05) is 35.9 Å². The van der Waals surface area contributed by atoms with E-state index in [-0.39, 0.29) is 23.9 Å². The maximum absolute atomic E-state index is 9.54. The molecule has 0 aliphatic carbocycles. The van der Waals surface area contributed by atoms with Gasteiger partial charge in [0.15, 0.2) is 11.5 Å². The third kappa shape index (κ3) is 2.63. The molecule has 2 rings (SSSR count). The molecular formula is C13H11ClO3. The third-order valence-electron chi connectivity index (χ3n) is 2.32. The summed E-state index contributed by atoms with van der Waals surface area (Å²) in [5.41, 5.74) is 0.817. The molecule has 0 heterocycles. The van der Waals surface area contributed by atoms with E-state index < -0.39 is 0 Å². The fraction of sp³-hybridized carbons (Fsp3) is 0.0769. The first-order valence-electron chi connectivity index (χ1n) is 5.05. The highest BCUT2D eigenvalue weighted by Gasteiger charge is 2.07. The average molecular weight is 251 g/mol. The van der Waals surface area contributed by atoms with E-state index in [2.05, 4.69) is 0 Å². The molecule has 2 N–H and O–H groups in total. The van der Waals surface area contributed by atoms with E-state index in [0.29, 0.717) is 5.02 Å². The lowest BCUT2D eigenvalue weighted by molar-refractivity contribution is 0.283. The molecule has 0 radical (unpaired) electrons. The molecule has 0 saturated carbocycles. The summed E-state index contributed by atoms with van der Waals surface area (Å²) in [5, 5.41) is 19.4. The third-order valence-corrected chi connectivity index (χ3v) is 2.69. The second kappa shape index (κ2) is 4.97. The highest BCUT2D eigenvalue weighted by molar-refractivity contribution is 6.31. The van der Waals surface area contributed by atoms with Gasteiger partial charge in [-0.3, -0.25) is 0 Å². The van der Waals surface area contributed by atoms with Gasteiger partial charge in [-0.2, -0.15) is 0 Å². The molecule has 2 aromatic rings. The molecule has 0 amide bonds. The van der Waals surface area contributed by atoms with E-state index in [0.717, 1.165) is 5.56 Å². The quantitative estimate of drug-likeness (QED) is 0.822. The number of rotatable bonds is 3. The zero-order valence-electron chi connectivity index (χ0n) is 8.93. The monoisotopic (exact) mass is 250 g/mol. The maximum Gasteiger partial charge on any atom is 0.200 e. The van der Waals surface area contributed by atoms with E-state index in [4.69, 9.17) is 16.3 Å². The molecule has 0 aliphatic heterocycles. The first-order valence-corrected chi connectivity index (χ1v) is 5.43. The van der Waals surface area contributed by atoms with Gasteiger partial charge in [0.25, 0.3) is 0 Å². The van der Waals surface area contributed by atoms with Gasteiger partial charge < -0.3 is 14.9 Å². The van der Waals surface area contributed by atoms with Gasteiger partial charge >= 0.3 is 0 Å². The summed E-state index contributed by atoms with van der Waals surface area (Å²) >= 11 is 5.97. The van der Waals surface area contributed by atoms with Crippen LogP contribution in [0.5, 0.6) is 17.2 Å². The Kier molecular flexibility index (Phi) is 3.40. The van der Waals surface area contributed by atoms with Crippen LogP contribution in [0.25, 0.3) is 0 Å². The van der Waals surface area contributed by atoms with Crippen molar-refractivity contribution >= 4 is 11.6 Å². The predicted octanol–water partition coefficient (Wildman–Crippen LogP) is 3.33. The Morgan fingerprint density at radius 2 is 1.76 bits per heavy atom. The summed E-state index contributed by atoms with van der Waals surface area (Å²) in [6.07, 6.45) is 0. The Bertz CT molecular complexity index is 526. The number of halogens is 1. The summed E-state index contributed by atoms with van der Waals surface area (Å²) in [6.45, 7) is 0.233. The molecule has 0 aromatic heterocycles. The first kappa shape index (κ1) is 11.6. The van der Waals surface area contributed by atoms with Gasteiger partial charge in [0.1, 0.15) is 6.61 Å². The van der Waals surface area contributed by atoms with Crippen LogP contribution in [0, 0.1) is 0 Å². The number of ether oxygens (including phenoxy) is 1. The van der Waals surface area contributed by atoms with Crippen molar-refractivity contribution in [3.05, 3.63) is 53.1 Å². The second-order valence-corrected chi connectivity index (χ2v) is 3.91. The lowest BCUT2D eigenvalue weighted by atomic mass is 10.2. The molecule has 0 atom stereocenters. The Balaban J connectivity index is 2.13. The normalized spacial score (nSPS) is 10.2. The Morgan fingerprint density at radius 3 is 2.53 bits per heavy atom. The molecule has 0 spiro atoms. The molecule has 0 saturated heterocycles. The van der Waals surface area contributed by atoms with Crippen molar-refractivity contribution in [2.75, 3.05) is 0 Å². The van der Waals surface area contributed by atoms with Gasteiger partial charge in [0, 0.05) is 10.6 Å². The summed E-state index contributed by atoms with van der Waals surface area (Å²) in [4.78, 5) is 0. The standard InChI is InChI=1S/C13H11ClO3/c14-10-5-2-1-4-9(10)8-17-12-7-3-6-11(15)13(12)16/h1-7,15-16H,8H2. The molecular weight excluding hydrogens is 240 g/mol. The Morgan fingerprint density at radius 1 is 1.00 bits per heavy atom. The number of phenols is 2. The van der Waals surface area contributed by atoms with Crippen LogP contribution in [0.2, 0.25) is 5.02 Å². The van der Waals surface area contributed by atoms with Crippen molar-refractivity contribution in [1.29, 1.82) is 0 Å². The topological polar surface area (TPSA) is 49.7 Å². The van der Waals surface area contributed by atoms with E-state index in [1.54, 1.807) is 18.2 Å². The zero-order valence-corrected chi connectivity index (χ0v) is 9.69. The Labute approximate surface area is 104 Å². The van der Waals surface area contributed by atoms with Gasteiger partial charge in [0.05, 0.1) is 0 Å². The van der Waals surface area contributed by atoms with Crippen molar-refractivity contribution in [2.24, 2.45) is 0 Å². The number of hydrogen-bond acceptors (Lipinski definition) is 3. The molecule has 0 aliphatic rings. The molecule has 4 heteroatoms. The molecule has 0 unspecified atom stereocenters. The number of phenolic OH excluding ortho intramolecular Hbond substituents is 2. The van der Waals surface area contributed by atoms with Gasteiger partial charge in [-0.05, 0) is 18.2 Å². The van der Waals surface area contributed by atoms with Gasteiger partial charge in [-0.15, -0.1) is 0 Å². The van der Waals surface area contributed by atoms with Crippen LogP contribution in [-0.2, 0) is 6.61 Å². The van der Waals surface area contributed by atoms with E-state index in [1.165, 1.54) is 6.07 Å². The number of hydrogen-bond donors (Lipinski definition) is 2. The SMILES string of the molecule is Oc1cccc(OCc2ccccc2Cl)c1O. The highest BCUT2D eigenvalue weighted by Crippen LogP contribution is 2.35. The van der Waals surface area contributed by atoms with Gasteiger partial charge in [-0.25, -0.2) is 0 Å². The van der Waals surface area contributed by atoms with E-state index in [1.807, 2.05) is 18.2 Å². The smallest absolute Gasteiger partial charge is 0.200 e. The lowest BCUT2D eigenvalue weighted by Crippen LogP contribution is -1.96. The highest BCUT2D eigenvalue weighted by atomic mass is 35.5. The summed E-state index contributed by atoms with van der Waals surface area (Å²) in [5.74, 6) is -0.244. The zero-order chi connectivity index (χ0) is 12.3. The van der Waals surface area contributed by atoms with Crippen molar-refractivity contribution in [3.63, 3.8) is 0 Å². The molecule has 88 valence electrons. The molecule has 3 nitrogen and oxygen atoms in total. The minimum atomic E-state index is -0.264. The van der Waals surface area contributed by atoms with Crippen molar-refractivity contribution < 1.29 is 14.9 Å². The van der Waals surface area contributed by atoms with Crippen LogP contribution in [0.15, 0.2) is 42.5 Å². The summed E-state index contributed by atoms with van der Waals surface area (Å²) in [6, 6.07) is 11.8. The second-order valence-electron chi connectivity index (χ2n) is 3.50.